The molecule has 3 aromatic rings. The number of aryl methyl sites for hydroxylation is 1. The summed E-state index contributed by atoms with van der Waals surface area (Å²) >= 11 is 0. The van der Waals surface area contributed by atoms with Crippen molar-refractivity contribution in [1.29, 1.82) is 0 Å². The van der Waals surface area contributed by atoms with Gasteiger partial charge >= 0.3 is 0 Å². The van der Waals surface area contributed by atoms with Crippen molar-refractivity contribution in [2.24, 2.45) is 0 Å². The Morgan fingerprint density at radius 2 is 1.71 bits per heavy atom. The van der Waals surface area contributed by atoms with Crippen molar-refractivity contribution in [3.8, 4) is 5.69 Å². The Labute approximate surface area is 182 Å². The van der Waals surface area contributed by atoms with Crippen LogP contribution in [0, 0.1) is 6.92 Å². The second kappa shape index (κ2) is 7.40. The molecule has 2 aliphatic rings. The zero-order chi connectivity index (χ0) is 21.8. The number of hydrogen-bond donors (Lipinski definition) is 0. The molecule has 0 saturated carbocycles. The van der Waals surface area contributed by atoms with Gasteiger partial charge in [0.05, 0.1) is 30.0 Å². The van der Waals surface area contributed by atoms with E-state index in [1.54, 1.807) is 35.0 Å². The lowest BCUT2D eigenvalue weighted by Crippen LogP contribution is -2.42. The number of aromatic nitrogens is 2. The van der Waals surface area contributed by atoms with Gasteiger partial charge in [0.15, 0.2) is 15.3 Å². The van der Waals surface area contributed by atoms with Crippen LogP contribution in [-0.4, -0.2) is 48.6 Å². The van der Waals surface area contributed by atoms with Crippen LogP contribution in [0.15, 0.2) is 65.6 Å². The minimum absolute atomic E-state index is 0.0871. The molecule has 1 aromatic heterocycles. The van der Waals surface area contributed by atoms with Gasteiger partial charge < -0.3 is 9.45 Å². The molecule has 2 aromatic carbocycles. The van der Waals surface area contributed by atoms with Crippen LogP contribution in [0.2, 0.25) is 0 Å². The van der Waals surface area contributed by atoms with Gasteiger partial charge in [-0.15, -0.1) is 4.31 Å². The molecule has 5 rings (SSSR count). The van der Waals surface area contributed by atoms with Crippen molar-refractivity contribution < 1.29 is 13.6 Å². The summed E-state index contributed by atoms with van der Waals surface area (Å²) in [7, 11) is -3.57. The number of carbonyl (C=O) groups is 1. The fraction of sp³-hybridized carbons (Fsp3) is 0.304. The minimum Gasteiger partial charge on any atom is -0.593 e. The second-order valence-corrected chi connectivity index (χ2v) is 10.0. The molecule has 0 radical (unpaired) electrons. The first-order chi connectivity index (χ1) is 14.9. The van der Waals surface area contributed by atoms with Crippen molar-refractivity contribution in [2.75, 3.05) is 13.1 Å². The van der Waals surface area contributed by atoms with Gasteiger partial charge in [0.2, 0.25) is 0 Å². The summed E-state index contributed by atoms with van der Waals surface area (Å²) in [6.07, 6.45) is 0.615. The molecule has 3 unspecified atom stereocenters. The summed E-state index contributed by atoms with van der Waals surface area (Å²) < 4.78 is 29.3. The third kappa shape index (κ3) is 3.13. The third-order valence-corrected chi connectivity index (χ3v) is 8.16. The highest BCUT2D eigenvalue weighted by Crippen LogP contribution is 2.40. The van der Waals surface area contributed by atoms with Crippen LogP contribution >= 0.6 is 0 Å². The zero-order valence-electron chi connectivity index (χ0n) is 17.5. The van der Waals surface area contributed by atoms with Crippen molar-refractivity contribution in [3.05, 3.63) is 77.6 Å². The van der Waals surface area contributed by atoms with Crippen LogP contribution in [0.4, 0.5) is 0 Å². The lowest BCUT2D eigenvalue weighted by molar-refractivity contribution is 0.0646. The summed E-state index contributed by atoms with van der Waals surface area (Å²) in [5.41, 5.74) is 3.18. The molecule has 160 valence electrons. The number of fused-ring (bicyclic) bond motifs is 1. The molecular formula is C23H24N4O3S. The minimum atomic E-state index is -3.57. The summed E-state index contributed by atoms with van der Waals surface area (Å²) in [5.74, 6) is -0.0871. The molecule has 1 amide bonds. The van der Waals surface area contributed by atoms with Gasteiger partial charge in [0.25, 0.3) is 5.91 Å². The lowest BCUT2D eigenvalue weighted by atomic mass is 10.1. The van der Waals surface area contributed by atoms with Gasteiger partial charge in [-0.1, -0.05) is 40.6 Å². The second-order valence-electron chi connectivity index (χ2n) is 8.10. The number of hydrogen-bond acceptors (Lipinski definition) is 4. The SMILES string of the molecule is Cc1nn(-c2ccccc2)c2c1C(C)N(C1CCN([S+](=O)([O-])c3ccccc3)C1)C2=O. The lowest BCUT2D eigenvalue weighted by Gasteiger charge is -2.30. The smallest absolute Gasteiger partial charge is 0.273 e. The third-order valence-electron chi connectivity index (χ3n) is 6.28. The highest BCUT2D eigenvalue weighted by Gasteiger charge is 2.47. The average molecular weight is 437 g/mol. The van der Waals surface area contributed by atoms with Gasteiger partial charge in [-0.25, -0.2) is 4.68 Å². The molecule has 0 bridgehead atoms. The molecule has 2 aliphatic heterocycles. The molecule has 3 heterocycles. The number of para-hydroxylation sites is 1. The molecule has 31 heavy (non-hydrogen) atoms. The van der Waals surface area contributed by atoms with E-state index in [0.29, 0.717) is 25.2 Å². The van der Waals surface area contributed by atoms with Gasteiger partial charge in [-0.3, -0.25) is 4.79 Å². The molecule has 0 N–H and O–H groups in total. The van der Waals surface area contributed by atoms with Gasteiger partial charge in [-0.2, -0.15) is 5.10 Å². The van der Waals surface area contributed by atoms with E-state index in [9.17, 15) is 13.6 Å². The summed E-state index contributed by atoms with van der Waals surface area (Å²) in [6, 6.07) is 17.8. The highest BCUT2D eigenvalue weighted by atomic mass is 32.3. The Bertz CT molecular complexity index is 1180. The van der Waals surface area contributed by atoms with E-state index in [-0.39, 0.29) is 22.9 Å². The average Bonchev–Trinajstić information content (AvgIpc) is 3.46. The van der Waals surface area contributed by atoms with E-state index in [2.05, 4.69) is 5.10 Å². The number of nitrogens with zero attached hydrogens (tertiary/aromatic N) is 4. The first-order valence-corrected chi connectivity index (χ1v) is 11.9. The van der Waals surface area contributed by atoms with E-state index in [0.717, 1.165) is 16.9 Å². The van der Waals surface area contributed by atoms with Crippen molar-refractivity contribution in [2.45, 2.75) is 37.2 Å². The number of benzene rings is 2. The van der Waals surface area contributed by atoms with Crippen LogP contribution in [0.1, 0.15) is 41.1 Å². The maximum absolute atomic E-state index is 13.5. The zero-order valence-corrected chi connectivity index (χ0v) is 18.3. The summed E-state index contributed by atoms with van der Waals surface area (Å²) in [6.45, 7) is 4.63. The van der Waals surface area contributed by atoms with Crippen LogP contribution in [0.25, 0.3) is 5.69 Å². The number of carbonyl (C=O) groups excluding carboxylic acids is 1. The summed E-state index contributed by atoms with van der Waals surface area (Å²) in [5, 5.41) is 4.62. The predicted molar refractivity (Wildman–Crippen MR) is 116 cm³/mol. The van der Waals surface area contributed by atoms with Crippen molar-refractivity contribution in [1.82, 2.24) is 19.0 Å². The van der Waals surface area contributed by atoms with Crippen LogP contribution < -0.4 is 0 Å². The van der Waals surface area contributed by atoms with Crippen molar-refractivity contribution >= 4 is 16.3 Å². The van der Waals surface area contributed by atoms with Crippen molar-refractivity contribution in [3.63, 3.8) is 0 Å². The van der Waals surface area contributed by atoms with Crippen LogP contribution in [0.3, 0.4) is 0 Å². The van der Waals surface area contributed by atoms with Crippen LogP contribution in [-0.2, 0) is 14.6 Å². The monoisotopic (exact) mass is 436 g/mol. The van der Waals surface area contributed by atoms with Gasteiger partial charge in [0.1, 0.15) is 5.69 Å². The molecule has 7 nitrogen and oxygen atoms in total. The topological polar surface area (TPSA) is 81.5 Å². The Balaban J connectivity index is 1.43. The first kappa shape index (κ1) is 20.1. The largest absolute Gasteiger partial charge is 0.593 e. The maximum atomic E-state index is 13.5. The molecular weight excluding hydrogens is 412 g/mol. The first-order valence-electron chi connectivity index (χ1n) is 10.4. The number of amides is 1. The molecule has 0 aliphatic carbocycles. The maximum Gasteiger partial charge on any atom is 0.273 e. The predicted octanol–water partition coefficient (Wildman–Crippen LogP) is 3.38. The van der Waals surface area contributed by atoms with E-state index < -0.39 is 10.4 Å². The molecule has 1 saturated heterocycles. The van der Waals surface area contributed by atoms with Gasteiger partial charge in [0, 0.05) is 12.1 Å². The highest BCUT2D eigenvalue weighted by molar-refractivity contribution is 7.95. The summed E-state index contributed by atoms with van der Waals surface area (Å²) in [4.78, 5) is 15.7. The Hall–Kier alpha value is -2.81. The normalized spacial score (nSPS) is 23.2. The Morgan fingerprint density at radius 3 is 2.39 bits per heavy atom. The molecule has 1 fully saturated rings. The molecule has 8 heteroatoms. The fourth-order valence-corrected chi connectivity index (χ4v) is 6.33. The van der Waals surface area contributed by atoms with Gasteiger partial charge in [-0.05, 0) is 44.5 Å². The van der Waals surface area contributed by atoms with E-state index in [1.165, 1.54) is 4.31 Å². The van der Waals surface area contributed by atoms with Crippen LogP contribution in [0.5, 0.6) is 0 Å². The molecule has 0 spiro atoms. The van der Waals surface area contributed by atoms with E-state index >= 15 is 0 Å². The van der Waals surface area contributed by atoms with E-state index in [1.807, 2.05) is 49.1 Å². The Kier molecular flexibility index (Phi) is 4.80. The van der Waals surface area contributed by atoms with E-state index in [4.69, 9.17) is 0 Å². The number of rotatable bonds is 4. The number of sulfonamides is 1. The molecule has 3 atom stereocenters. The fourth-order valence-electron chi connectivity index (χ4n) is 4.82. The quantitative estimate of drug-likeness (QED) is 0.587. The Morgan fingerprint density at radius 1 is 1.06 bits per heavy atom. The standard InChI is InChI=1S/C23H24N4O3S/c1-16-21-17(2)26(23(28)22(21)27(24-16)18-9-5-3-6-10-18)19-13-14-25(15-19)31(29,30)20-11-7-4-8-12-20/h3-12,17,19H,13-15H2,1-2H3.